The van der Waals surface area contributed by atoms with Crippen molar-refractivity contribution in [3.8, 4) is 0 Å². The summed E-state index contributed by atoms with van der Waals surface area (Å²) < 4.78 is 0. The van der Waals surface area contributed by atoms with Gasteiger partial charge >= 0.3 is 5.97 Å². The Morgan fingerprint density at radius 2 is 1.86 bits per heavy atom. The summed E-state index contributed by atoms with van der Waals surface area (Å²) in [7, 11) is 0. The van der Waals surface area contributed by atoms with Crippen LogP contribution < -0.4 is 16.4 Å². The van der Waals surface area contributed by atoms with Crippen LogP contribution in [0.25, 0.3) is 0 Å². The quantitative estimate of drug-likeness (QED) is 0.442. The number of carboxylic acid groups (broad SMARTS) is 1. The summed E-state index contributed by atoms with van der Waals surface area (Å²) in [6.45, 7) is 3.36. The highest BCUT2D eigenvalue weighted by molar-refractivity contribution is 7.98. The van der Waals surface area contributed by atoms with E-state index in [2.05, 4.69) is 10.6 Å². The molecule has 0 heterocycles. The maximum Gasteiger partial charge on any atom is 0.322 e. The molecular formula is C13H25N3O4S. The Labute approximate surface area is 129 Å². The smallest absolute Gasteiger partial charge is 0.322 e. The van der Waals surface area contributed by atoms with Crippen LogP contribution in [0.2, 0.25) is 0 Å². The molecule has 2 amide bonds. The molecule has 0 spiro atoms. The third kappa shape index (κ3) is 9.30. The molecule has 5 N–H and O–H groups in total. The molecule has 8 heteroatoms. The van der Waals surface area contributed by atoms with Crippen LogP contribution in [0.15, 0.2) is 0 Å². The standard InChI is InChI=1S/C13H25N3O4S/c1-8(2)6-10(13(20)15-7-11(17)18)16-12(19)9(14)4-5-21-3/h8-10H,4-7,14H2,1-3H3,(H,15,20)(H,16,19)(H,17,18)/t9-,10-/m0/s1. The SMILES string of the molecule is CSCC[C@H](N)C(=O)N[C@@H](CC(C)C)C(=O)NCC(=O)O. The van der Waals surface area contributed by atoms with Gasteiger partial charge in [0.05, 0.1) is 6.04 Å². The lowest BCUT2D eigenvalue weighted by atomic mass is 10.0. The molecule has 0 aromatic carbocycles. The van der Waals surface area contributed by atoms with Crippen molar-refractivity contribution in [1.82, 2.24) is 10.6 Å². The lowest BCUT2D eigenvalue weighted by Crippen LogP contribution is -2.52. The highest BCUT2D eigenvalue weighted by atomic mass is 32.2. The fourth-order valence-electron chi connectivity index (χ4n) is 1.64. The highest BCUT2D eigenvalue weighted by Gasteiger charge is 2.24. The van der Waals surface area contributed by atoms with E-state index in [1.54, 1.807) is 11.8 Å². The van der Waals surface area contributed by atoms with E-state index in [-0.39, 0.29) is 11.8 Å². The molecule has 21 heavy (non-hydrogen) atoms. The summed E-state index contributed by atoms with van der Waals surface area (Å²) >= 11 is 1.59. The minimum atomic E-state index is -1.13. The van der Waals surface area contributed by atoms with Crippen LogP contribution >= 0.6 is 11.8 Å². The van der Waals surface area contributed by atoms with Crippen molar-refractivity contribution in [3.63, 3.8) is 0 Å². The number of aliphatic carboxylic acids is 1. The molecule has 0 aliphatic rings. The van der Waals surface area contributed by atoms with Crippen molar-refractivity contribution in [2.24, 2.45) is 11.7 Å². The number of thioether (sulfide) groups is 1. The van der Waals surface area contributed by atoms with Gasteiger partial charge in [-0.1, -0.05) is 13.8 Å². The molecule has 0 fully saturated rings. The van der Waals surface area contributed by atoms with E-state index in [9.17, 15) is 14.4 Å². The van der Waals surface area contributed by atoms with Gasteiger partial charge in [-0.2, -0.15) is 11.8 Å². The van der Waals surface area contributed by atoms with Crippen LogP contribution in [0.5, 0.6) is 0 Å². The monoisotopic (exact) mass is 319 g/mol. The van der Waals surface area contributed by atoms with Crippen LogP contribution in [-0.2, 0) is 14.4 Å². The van der Waals surface area contributed by atoms with Crippen LogP contribution in [0.3, 0.4) is 0 Å². The Bertz CT molecular complexity index is 363. The second-order valence-corrected chi connectivity index (χ2v) is 6.18. The first-order valence-corrected chi connectivity index (χ1v) is 8.21. The molecule has 0 bridgehead atoms. The Morgan fingerprint density at radius 3 is 2.33 bits per heavy atom. The van der Waals surface area contributed by atoms with Crippen molar-refractivity contribution in [2.45, 2.75) is 38.8 Å². The largest absolute Gasteiger partial charge is 0.480 e. The van der Waals surface area contributed by atoms with Gasteiger partial charge in [0.2, 0.25) is 11.8 Å². The number of amides is 2. The number of carboxylic acids is 1. The Hall–Kier alpha value is -1.28. The zero-order chi connectivity index (χ0) is 16.4. The molecule has 0 aliphatic carbocycles. The number of hydrogen-bond donors (Lipinski definition) is 4. The van der Waals surface area contributed by atoms with Gasteiger partial charge in [-0.15, -0.1) is 0 Å². The first kappa shape index (κ1) is 19.7. The van der Waals surface area contributed by atoms with Crippen LogP contribution in [0, 0.1) is 5.92 Å². The Morgan fingerprint density at radius 1 is 1.24 bits per heavy atom. The second kappa shape index (κ2) is 10.4. The minimum absolute atomic E-state index is 0.174. The summed E-state index contributed by atoms with van der Waals surface area (Å²) in [5.74, 6) is -1.09. The van der Waals surface area contributed by atoms with Gasteiger partial charge in [0.15, 0.2) is 0 Å². The molecule has 2 atom stereocenters. The van der Waals surface area contributed by atoms with E-state index in [0.29, 0.717) is 12.8 Å². The summed E-state index contributed by atoms with van der Waals surface area (Å²) in [4.78, 5) is 34.3. The van der Waals surface area contributed by atoms with E-state index >= 15 is 0 Å². The summed E-state index contributed by atoms with van der Waals surface area (Å²) in [6.07, 6.45) is 2.87. The molecule has 0 saturated carbocycles. The van der Waals surface area contributed by atoms with Gasteiger partial charge in [0.25, 0.3) is 0 Å². The zero-order valence-corrected chi connectivity index (χ0v) is 13.5. The van der Waals surface area contributed by atoms with Crippen molar-refractivity contribution >= 4 is 29.5 Å². The summed E-state index contributed by atoms with van der Waals surface area (Å²) in [5.41, 5.74) is 5.75. The topological polar surface area (TPSA) is 122 Å². The number of nitrogens with two attached hydrogens (primary N) is 1. The third-order valence-electron chi connectivity index (χ3n) is 2.72. The molecule has 0 aromatic rings. The molecule has 7 nitrogen and oxygen atoms in total. The van der Waals surface area contributed by atoms with Gasteiger partial charge < -0.3 is 21.5 Å². The number of nitrogens with one attached hydrogen (secondary N) is 2. The highest BCUT2D eigenvalue weighted by Crippen LogP contribution is 2.06. The number of carbonyl (C=O) groups is 3. The number of rotatable bonds is 10. The molecule has 0 aliphatic heterocycles. The third-order valence-corrected chi connectivity index (χ3v) is 3.37. The van der Waals surface area contributed by atoms with Gasteiger partial charge in [-0.3, -0.25) is 14.4 Å². The Kier molecular flexibility index (Phi) is 9.81. The van der Waals surface area contributed by atoms with E-state index in [1.165, 1.54) is 0 Å². The number of hydrogen-bond acceptors (Lipinski definition) is 5. The molecule has 122 valence electrons. The Balaban J connectivity index is 4.56. The lowest BCUT2D eigenvalue weighted by Gasteiger charge is -2.21. The van der Waals surface area contributed by atoms with Crippen LogP contribution in [-0.4, -0.2) is 53.5 Å². The van der Waals surface area contributed by atoms with Crippen molar-refractivity contribution < 1.29 is 19.5 Å². The average molecular weight is 319 g/mol. The van der Waals surface area contributed by atoms with Gasteiger partial charge in [0.1, 0.15) is 12.6 Å². The molecule has 0 unspecified atom stereocenters. The second-order valence-electron chi connectivity index (χ2n) is 5.19. The van der Waals surface area contributed by atoms with Gasteiger partial charge in [0, 0.05) is 0 Å². The fourth-order valence-corrected chi connectivity index (χ4v) is 2.13. The predicted octanol–water partition coefficient (Wildman–Crippen LogP) is -0.201. The molecule has 0 radical (unpaired) electrons. The summed E-state index contributed by atoms with van der Waals surface area (Å²) in [5, 5.41) is 13.4. The summed E-state index contributed by atoms with van der Waals surface area (Å²) in [6, 6.07) is -1.43. The maximum absolute atomic E-state index is 11.9. The zero-order valence-electron chi connectivity index (χ0n) is 12.7. The normalized spacial score (nSPS) is 13.6. The van der Waals surface area contributed by atoms with Crippen LogP contribution in [0.4, 0.5) is 0 Å². The van der Waals surface area contributed by atoms with Gasteiger partial charge in [-0.05, 0) is 30.8 Å². The van der Waals surface area contributed by atoms with E-state index in [1.807, 2.05) is 20.1 Å². The van der Waals surface area contributed by atoms with E-state index < -0.39 is 30.5 Å². The molecular weight excluding hydrogens is 294 g/mol. The molecule has 0 saturated heterocycles. The van der Waals surface area contributed by atoms with Crippen molar-refractivity contribution in [1.29, 1.82) is 0 Å². The molecule has 0 aromatic heterocycles. The number of carbonyl (C=O) groups excluding carboxylic acids is 2. The maximum atomic E-state index is 11.9. The fraction of sp³-hybridized carbons (Fsp3) is 0.769. The van der Waals surface area contributed by atoms with E-state index in [0.717, 1.165) is 5.75 Å². The first-order chi connectivity index (χ1) is 9.77. The minimum Gasteiger partial charge on any atom is -0.480 e. The van der Waals surface area contributed by atoms with E-state index in [4.69, 9.17) is 10.8 Å². The van der Waals surface area contributed by atoms with Crippen molar-refractivity contribution in [3.05, 3.63) is 0 Å². The van der Waals surface area contributed by atoms with Crippen LogP contribution in [0.1, 0.15) is 26.7 Å². The predicted molar refractivity (Wildman–Crippen MR) is 83.0 cm³/mol. The van der Waals surface area contributed by atoms with Gasteiger partial charge in [-0.25, -0.2) is 0 Å². The average Bonchev–Trinajstić information content (AvgIpc) is 2.40. The van der Waals surface area contributed by atoms with Crippen molar-refractivity contribution in [2.75, 3.05) is 18.6 Å². The lowest BCUT2D eigenvalue weighted by molar-refractivity contribution is -0.138. The molecule has 0 rings (SSSR count). The first-order valence-electron chi connectivity index (χ1n) is 6.82.